The molecule has 0 spiro atoms. The predicted octanol–water partition coefficient (Wildman–Crippen LogP) is 2.18. The largest absolute Gasteiger partial charge is 0.455 e. The second-order valence-electron chi connectivity index (χ2n) is 6.32. The Kier molecular flexibility index (Phi) is 3.84. The summed E-state index contributed by atoms with van der Waals surface area (Å²) in [6.45, 7) is 5.45. The first kappa shape index (κ1) is 14.6. The summed E-state index contributed by atoms with van der Waals surface area (Å²) < 4.78 is 5.18. The van der Waals surface area contributed by atoms with Gasteiger partial charge in [0.15, 0.2) is 6.61 Å². The van der Waals surface area contributed by atoms with Crippen molar-refractivity contribution in [2.24, 2.45) is 0 Å². The van der Waals surface area contributed by atoms with Gasteiger partial charge in [0.25, 0.3) is 5.91 Å². The standard InChI is InChI=1S/C16H21NO3/c1-15(2,3)17-13(18)11-20-14(19)16(9-10-16)12-7-5-4-6-8-12/h4-8H,9-11H2,1-3H3,(H,17,18). The van der Waals surface area contributed by atoms with Crippen LogP contribution in [-0.2, 0) is 19.7 Å². The van der Waals surface area contributed by atoms with Crippen LogP contribution in [0.2, 0.25) is 0 Å². The van der Waals surface area contributed by atoms with E-state index >= 15 is 0 Å². The minimum absolute atomic E-state index is 0.218. The Labute approximate surface area is 119 Å². The maximum Gasteiger partial charge on any atom is 0.317 e. The van der Waals surface area contributed by atoms with Crippen molar-refractivity contribution in [3.05, 3.63) is 35.9 Å². The quantitative estimate of drug-likeness (QED) is 0.857. The average molecular weight is 275 g/mol. The van der Waals surface area contributed by atoms with Gasteiger partial charge in [-0.3, -0.25) is 9.59 Å². The topological polar surface area (TPSA) is 55.4 Å². The van der Waals surface area contributed by atoms with E-state index in [0.29, 0.717) is 0 Å². The van der Waals surface area contributed by atoms with Crippen LogP contribution in [0.25, 0.3) is 0 Å². The molecule has 1 aliphatic carbocycles. The van der Waals surface area contributed by atoms with Gasteiger partial charge in [-0.2, -0.15) is 0 Å². The molecule has 20 heavy (non-hydrogen) atoms. The van der Waals surface area contributed by atoms with Gasteiger partial charge in [-0.05, 0) is 39.2 Å². The van der Waals surface area contributed by atoms with E-state index in [-0.39, 0.29) is 24.0 Å². The average Bonchev–Trinajstić information content (AvgIpc) is 3.16. The molecule has 0 aliphatic heterocycles. The number of carbonyl (C=O) groups excluding carboxylic acids is 2. The Morgan fingerprint density at radius 3 is 2.30 bits per heavy atom. The molecular weight excluding hydrogens is 254 g/mol. The molecule has 1 aromatic carbocycles. The molecule has 0 aromatic heterocycles. The fourth-order valence-corrected chi connectivity index (χ4v) is 2.22. The number of ether oxygens (including phenoxy) is 1. The third kappa shape index (κ3) is 3.38. The van der Waals surface area contributed by atoms with Gasteiger partial charge >= 0.3 is 5.97 Å². The summed E-state index contributed by atoms with van der Waals surface area (Å²) >= 11 is 0. The number of nitrogens with one attached hydrogen (secondary N) is 1. The summed E-state index contributed by atoms with van der Waals surface area (Å²) in [4.78, 5) is 23.9. The Hall–Kier alpha value is -1.84. The van der Waals surface area contributed by atoms with Gasteiger partial charge in [-0.15, -0.1) is 0 Å². The molecule has 0 radical (unpaired) electrons. The highest BCUT2D eigenvalue weighted by Gasteiger charge is 2.52. The van der Waals surface area contributed by atoms with Crippen molar-refractivity contribution in [2.45, 2.75) is 44.6 Å². The third-order valence-electron chi connectivity index (χ3n) is 3.32. The van der Waals surface area contributed by atoms with Crippen molar-refractivity contribution in [1.29, 1.82) is 0 Å². The molecule has 4 nitrogen and oxygen atoms in total. The van der Waals surface area contributed by atoms with Crippen LogP contribution in [0.4, 0.5) is 0 Å². The second-order valence-corrected chi connectivity index (χ2v) is 6.32. The molecule has 1 amide bonds. The zero-order chi connectivity index (χ0) is 14.8. The lowest BCUT2D eigenvalue weighted by molar-refractivity contribution is -0.151. The Balaban J connectivity index is 1.92. The highest BCUT2D eigenvalue weighted by molar-refractivity contribution is 5.89. The molecular formula is C16H21NO3. The van der Waals surface area contributed by atoms with Gasteiger partial charge < -0.3 is 10.1 Å². The maximum absolute atomic E-state index is 12.2. The minimum atomic E-state index is -0.525. The molecule has 1 saturated carbocycles. The molecule has 1 aromatic rings. The van der Waals surface area contributed by atoms with E-state index in [9.17, 15) is 9.59 Å². The Morgan fingerprint density at radius 1 is 1.20 bits per heavy atom. The van der Waals surface area contributed by atoms with Crippen LogP contribution in [0.3, 0.4) is 0 Å². The number of hydrogen-bond donors (Lipinski definition) is 1. The number of carbonyl (C=O) groups is 2. The zero-order valence-electron chi connectivity index (χ0n) is 12.2. The van der Waals surface area contributed by atoms with E-state index in [1.807, 2.05) is 51.1 Å². The monoisotopic (exact) mass is 275 g/mol. The van der Waals surface area contributed by atoms with Gasteiger partial charge in [0.2, 0.25) is 0 Å². The molecule has 0 unspecified atom stereocenters. The minimum Gasteiger partial charge on any atom is -0.455 e. The van der Waals surface area contributed by atoms with E-state index < -0.39 is 5.41 Å². The van der Waals surface area contributed by atoms with Gasteiger partial charge in [-0.25, -0.2) is 0 Å². The van der Waals surface area contributed by atoms with E-state index in [1.54, 1.807) is 0 Å². The summed E-state index contributed by atoms with van der Waals surface area (Å²) in [5.74, 6) is -0.567. The van der Waals surface area contributed by atoms with Crippen molar-refractivity contribution in [3.8, 4) is 0 Å². The van der Waals surface area contributed by atoms with Crippen LogP contribution < -0.4 is 5.32 Å². The summed E-state index contributed by atoms with van der Waals surface area (Å²) in [6, 6.07) is 9.61. The normalized spacial score (nSPS) is 16.4. The molecule has 0 heterocycles. The number of hydrogen-bond acceptors (Lipinski definition) is 3. The molecule has 0 saturated heterocycles. The van der Waals surface area contributed by atoms with Crippen LogP contribution in [0.5, 0.6) is 0 Å². The van der Waals surface area contributed by atoms with Gasteiger partial charge in [0, 0.05) is 5.54 Å². The van der Waals surface area contributed by atoms with Crippen LogP contribution in [0.1, 0.15) is 39.2 Å². The fraction of sp³-hybridized carbons (Fsp3) is 0.500. The summed E-state index contributed by atoms with van der Waals surface area (Å²) in [7, 11) is 0. The predicted molar refractivity (Wildman–Crippen MR) is 76.2 cm³/mol. The van der Waals surface area contributed by atoms with Crippen LogP contribution >= 0.6 is 0 Å². The van der Waals surface area contributed by atoms with Crippen molar-refractivity contribution in [2.75, 3.05) is 6.61 Å². The molecule has 0 atom stereocenters. The van der Waals surface area contributed by atoms with Crippen LogP contribution in [0.15, 0.2) is 30.3 Å². The number of rotatable bonds is 4. The van der Waals surface area contributed by atoms with Crippen molar-refractivity contribution in [3.63, 3.8) is 0 Å². The molecule has 1 fully saturated rings. The molecule has 0 bridgehead atoms. The Morgan fingerprint density at radius 2 is 1.80 bits per heavy atom. The number of benzene rings is 1. The second kappa shape index (κ2) is 5.27. The first-order valence-corrected chi connectivity index (χ1v) is 6.87. The van der Waals surface area contributed by atoms with Crippen LogP contribution in [0, 0.1) is 0 Å². The number of esters is 1. The fourth-order valence-electron chi connectivity index (χ4n) is 2.22. The molecule has 4 heteroatoms. The van der Waals surface area contributed by atoms with E-state index in [1.165, 1.54) is 0 Å². The molecule has 1 aliphatic rings. The van der Waals surface area contributed by atoms with Gasteiger partial charge in [0.1, 0.15) is 0 Å². The molecule has 1 N–H and O–H groups in total. The lowest BCUT2D eigenvalue weighted by Gasteiger charge is -2.21. The maximum atomic E-state index is 12.2. The van der Waals surface area contributed by atoms with E-state index in [0.717, 1.165) is 18.4 Å². The first-order valence-electron chi connectivity index (χ1n) is 6.87. The smallest absolute Gasteiger partial charge is 0.317 e. The van der Waals surface area contributed by atoms with Crippen molar-refractivity contribution in [1.82, 2.24) is 5.32 Å². The first-order chi connectivity index (χ1) is 9.33. The highest BCUT2D eigenvalue weighted by Crippen LogP contribution is 2.49. The number of amides is 1. The molecule has 2 rings (SSSR count). The van der Waals surface area contributed by atoms with Crippen molar-refractivity contribution < 1.29 is 14.3 Å². The van der Waals surface area contributed by atoms with E-state index in [2.05, 4.69) is 5.32 Å². The highest BCUT2D eigenvalue weighted by atomic mass is 16.5. The van der Waals surface area contributed by atoms with E-state index in [4.69, 9.17) is 4.74 Å². The van der Waals surface area contributed by atoms with Crippen LogP contribution in [-0.4, -0.2) is 24.0 Å². The zero-order valence-corrected chi connectivity index (χ0v) is 12.2. The summed E-state index contributed by atoms with van der Waals surface area (Å²) in [6.07, 6.45) is 1.58. The lowest BCUT2D eigenvalue weighted by Crippen LogP contribution is -2.43. The Bertz CT molecular complexity index is 498. The van der Waals surface area contributed by atoms with Crippen molar-refractivity contribution >= 4 is 11.9 Å². The lowest BCUT2D eigenvalue weighted by atomic mass is 9.96. The SMILES string of the molecule is CC(C)(C)NC(=O)COC(=O)C1(c2ccccc2)CC1. The van der Waals surface area contributed by atoms with Gasteiger partial charge in [0.05, 0.1) is 5.41 Å². The summed E-state index contributed by atoms with van der Waals surface area (Å²) in [5, 5.41) is 2.77. The molecule has 108 valence electrons. The van der Waals surface area contributed by atoms with Gasteiger partial charge in [-0.1, -0.05) is 30.3 Å². The summed E-state index contributed by atoms with van der Waals surface area (Å²) in [5.41, 5.74) is 0.130. The third-order valence-corrected chi connectivity index (χ3v) is 3.32.